The van der Waals surface area contributed by atoms with Crippen molar-refractivity contribution in [3.63, 3.8) is 0 Å². The monoisotopic (exact) mass is 469 g/mol. The van der Waals surface area contributed by atoms with Gasteiger partial charge >= 0.3 is 5.97 Å². The first kappa shape index (κ1) is 25.0. The third-order valence-corrected chi connectivity index (χ3v) is 8.34. The molecule has 1 aliphatic heterocycles. The molecule has 0 amide bonds. The first-order valence-electron chi connectivity index (χ1n) is 12.8. The van der Waals surface area contributed by atoms with E-state index in [1.807, 2.05) is 39.8 Å². The van der Waals surface area contributed by atoms with Gasteiger partial charge in [0.25, 0.3) is 0 Å². The van der Waals surface area contributed by atoms with E-state index in [0.29, 0.717) is 36.7 Å². The summed E-state index contributed by atoms with van der Waals surface area (Å²) in [6.45, 7) is 8.59. The van der Waals surface area contributed by atoms with E-state index in [9.17, 15) is 15.0 Å². The molecule has 0 radical (unpaired) electrons. The Morgan fingerprint density at radius 3 is 2.71 bits per heavy atom. The zero-order valence-corrected chi connectivity index (χ0v) is 20.8. The van der Waals surface area contributed by atoms with Gasteiger partial charge in [0, 0.05) is 17.7 Å². The fourth-order valence-corrected chi connectivity index (χ4v) is 6.12. The number of ether oxygens (including phenoxy) is 2. The lowest BCUT2D eigenvalue weighted by molar-refractivity contribution is -0.129. The van der Waals surface area contributed by atoms with Crippen LogP contribution in [-0.4, -0.2) is 46.6 Å². The maximum atomic E-state index is 12.4. The van der Waals surface area contributed by atoms with Gasteiger partial charge in [0.1, 0.15) is 6.10 Å². The molecule has 34 heavy (non-hydrogen) atoms. The summed E-state index contributed by atoms with van der Waals surface area (Å²) in [6.07, 6.45) is 10.6. The minimum absolute atomic E-state index is 0.168. The van der Waals surface area contributed by atoms with Crippen molar-refractivity contribution in [1.82, 2.24) is 5.32 Å². The molecule has 3 aliphatic rings. The van der Waals surface area contributed by atoms with Crippen LogP contribution in [0.3, 0.4) is 0 Å². The molecule has 1 fully saturated rings. The molecule has 1 aromatic carbocycles. The largest absolute Gasteiger partial charge is 0.482 e. The highest BCUT2D eigenvalue weighted by molar-refractivity contribution is 5.85. The number of esters is 1. The van der Waals surface area contributed by atoms with Crippen molar-refractivity contribution >= 4 is 5.97 Å². The van der Waals surface area contributed by atoms with Gasteiger partial charge in [0.2, 0.25) is 0 Å². The second-order valence-electron chi connectivity index (χ2n) is 10.2. The molecule has 5 atom stereocenters. The lowest BCUT2D eigenvalue weighted by Crippen LogP contribution is -2.69. The second kappa shape index (κ2) is 9.84. The first-order chi connectivity index (χ1) is 16.3. The van der Waals surface area contributed by atoms with Gasteiger partial charge in [-0.15, -0.1) is 0 Å². The standard InChI is InChI=1S/C28H39NO5/c1-5-8-9-13-23(31)33-21-15-14-19-16-22(29-17-18-11-10-12-18)27(4,32)28(7-3)24(19)25(21)34-26(28)20(30)6-2/h5,8-9,13-15,18,20,22,26,29-30,32H,6-7,10-12,16-17H2,1-4H3/b8-5+,13-9+. The molecule has 0 spiro atoms. The SMILES string of the molecule is C/C=C/C=C/C(=O)Oc1ccc2c3c1OC(C(O)CC)C3(CC)C(C)(O)C(NCC1CCC1)C2. The smallest absolute Gasteiger partial charge is 0.336 e. The molecular formula is C28H39NO5. The molecule has 6 heteroatoms. The molecular weight excluding hydrogens is 430 g/mol. The number of hydrogen-bond donors (Lipinski definition) is 3. The predicted octanol–water partition coefficient (Wildman–Crippen LogP) is 3.97. The van der Waals surface area contributed by atoms with E-state index in [1.165, 1.54) is 25.3 Å². The van der Waals surface area contributed by atoms with Crippen LogP contribution in [0.4, 0.5) is 0 Å². The second-order valence-corrected chi connectivity index (χ2v) is 10.2. The van der Waals surface area contributed by atoms with E-state index in [0.717, 1.165) is 17.7 Å². The third kappa shape index (κ3) is 4.00. The topological polar surface area (TPSA) is 88.0 Å². The van der Waals surface area contributed by atoms with Gasteiger partial charge in [0.15, 0.2) is 11.5 Å². The first-order valence-corrected chi connectivity index (χ1v) is 12.8. The summed E-state index contributed by atoms with van der Waals surface area (Å²) in [5.74, 6) is 0.971. The maximum Gasteiger partial charge on any atom is 0.336 e. The Labute approximate surface area is 203 Å². The number of carbonyl (C=O) groups is 1. The van der Waals surface area contributed by atoms with Crippen LogP contribution in [0.15, 0.2) is 36.4 Å². The van der Waals surface area contributed by atoms with Gasteiger partial charge in [0.05, 0.1) is 17.1 Å². The summed E-state index contributed by atoms with van der Waals surface area (Å²) in [6, 6.07) is 3.59. The number of aliphatic hydroxyl groups excluding tert-OH is 1. The van der Waals surface area contributed by atoms with Crippen LogP contribution in [0.25, 0.3) is 0 Å². The zero-order valence-electron chi connectivity index (χ0n) is 20.8. The lowest BCUT2D eigenvalue weighted by atomic mass is 9.55. The molecule has 2 aliphatic carbocycles. The van der Waals surface area contributed by atoms with Gasteiger partial charge in [-0.05, 0) is 70.0 Å². The lowest BCUT2D eigenvalue weighted by Gasteiger charge is -2.54. The van der Waals surface area contributed by atoms with Crippen molar-refractivity contribution < 1.29 is 24.5 Å². The van der Waals surface area contributed by atoms with E-state index < -0.39 is 29.2 Å². The molecule has 3 N–H and O–H groups in total. The van der Waals surface area contributed by atoms with Gasteiger partial charge in [-0.1, -0.05) is 44.6 Å². The molecule has 4 rings (SSSR count). The Kier molecular flexibility index (Phi) is 7.22. The summed E-state index contributed by atoms with van der Waals surface area (Å²) in [5.41, 5.74) is -0.0448. The van der Waals surface area contributed by atoms with Crippen LogP contribution in [0.1, 0.15) is 70.9 Å². The highest BCUT2D eigenvalue weighted by Crippen LogP contribution is 2.60. The Balaban J connectivity index is 1.76. The molecule has 0 bridgehead atoms. The highest BCUT2D eigenvalue weighted by Gasteiger charge is 2.66. The summed E-state index contributed by atoms with van der Waals surface area (Å²) < 4.78 is 12.1. The Morgan fingerprint density at radius 2 is 2.09 bits per heavy atom. The van der Waals surface area contributed by atoms with Crippen LogP contribution in [0.2, 0.25) is 0 Å². The number of benzene rings is 1. The van der Waals surface area contributed by atoms with Crippen molar-refractivity contribution in [1.29, 1.82) is 0 Å². The molecule has 6 nitrogen and oxygen atoms in total. The number of aliphatic hydroxyl groups is 2. The van der Waals surface area contributed by atoms with Crippen LogP contribution in [0, 0.1) is 5.92 Å². The zero-order chi connectivity index (χ0) is 24.5. The van der Waals surface area contributed by atoms with E-state index in [2.05, 4.69) is 5.32 Å². The van der Waals surface area contributed by atoms with E-state index >= 15 is 0 Å². The Bertz CT molecular complexity index is 964. The quantitative estimate of drug-likeness (QED) is 0.220. The van der Waals surface area contributed by atoms with Crippen LogP contribution in [-0.2, 0) is 16.6 Å². The Morgan fingerprint density at radius 1 is 1.32 bits per heavy atom. The minimum atomic E-state index is -1.17. The highest BCUT2D eigenvalue weighted by atomic mass is 16.6. The predicted molar refractivity (Wildman–Crippen MR) is 132 cm³/mol. The maximum absolute atomic E-state index is 12.4. The summed E-state index contributed by atoms with van der Waals surface area (Å²) >= 11 is 0. The number of rotatable bonds is 9. The summed E-state index contributed by atoms with van der Waals surface area (Å²) in [7, 11) is 0. The molecule has 1 heterocycles. The fraction of sp³-hybridized carbons (Fsp3) is 0.607. The number of nitrogens with one attached hydrogen (secondary N) is 1. The normalized spacial score (nSPS) is 31.4. The third-order valence-electron chi connectivity index (χ3n) is 8.34. The van der Waals surface area contributed by atoms with Gasteiger partial charge < -0.3 is 25.0 Å². The molecule has 0 saturated heterocycles. The molecule has 0 aromatic heterocycles. The van der Waals surface area contributed by atoms with Crippen molar-refractivity contribution in [3.05, 3.63) is 47.6 Å². The molecule has 1 aromatic rings. The van der Waals surface area contributed by atoms with Crippen LogP contribution >= 0.6 is 0 Å². The molecule has 5 unspecified atom stereocenters. The van der Waals surface area contributed by atoms with Crippen molar-refractivity contribution in [3.8, 4) is 11.5 Å². The van der Waals surface area contributed by atoms with Crippen LogP contribution in [0.5, 0.6) is 11.5 Å². The fourth-order valence-electron chi connectivity index (χ4n) is 6.12. The summed E-state index contributed by atoms with van der Waals surface area (Å²) in [4.78, 5) is 12.4. The average molecular weight is 470 g/mol. The van der Waals surface area contributed by atoms with Gasteiger partial charge in [-0.3, -0.25) is 0 Å². The van der Waals surface area contributed by atoms with E-state index in [4.69, 9.17) is 9.47 Å². The van der Waals surface area contributed by atoms with E-state index in [1.54, 1.807) is 18.2 Å². The molecule has 1 saturated carbocycles. The minimum Gasteiger partial charge on any atom is -0.482 e. The van der Waals surface area contributed by atoms with Crippen molar-refractivity contribution in [2.45, 2.75) is 95.5 Å². The van der Waals surface area contributed by atoms with Crippen molar-refractivity contribution in [2.75, 3.05) is 6.54 Å². The van der Waals surface area contributed by atoms with Gasteiger partial charge in [-0.25, -0.2) is 4.79 Å². The number of carbonyl (C=O) groups excluding carboxylic acids is 1. The van der Waals surface area contributed by atoms with Gasteiger partial charge in [-0.2, -0.15) is 0 Å². The Hall–Kier alpha value is -2.15. The average Bonchev–Trinajstić information content (AvgIpc) is 3.15. The van der Waals surface area contributed by atoms with Crippen LogP contribution < -0.4 is 14.8 Å². The molecule has 186 valence electrons. The number of hydrogen-bond acceptors (Lipinski definition) is 6. The number of allylic oxidation sites excluding steroid dienone is 3. The summed E-state index contributed by atoms with van der Waals surface area (Å²) in [5, 5.41) is 26.9. The van der Waals surface area contributed by atoms with E-state index in [-0.39, 0.29) is 6.04 Å². The van der Waals surface area contributed by atoms with Crippen molar-refractivity contribution in [2.24, 2.45) is 5.92 Å².